The van der Waals surface area contributed by atoms with Crippen molar-refractivity contribution in [3.05, 3.63) is 398 Å². The predicted octanol–water partition coefficient (Wildman–Crippen LogP) is 30.3. The molecule has 22 rings (SSSR count). The minimum absolute atomic E-state index is 0.153. The third kappa shape index (κ3) is 12.3. The van der Waals surface area contributed by atoms with E-state index in [1.54, 1.807) is 0 Å². The molecule has 20 aromatic rings. The monoisotopic (exact) mass is 1600 g/mol. The normalized spacial score (nSPS) is 13.0. The fourth-order valence-electron chi connectivity index (χ4n) is 20.5. The number of hydrogen-bond acceptors (Lipinski definition) is 2. The van der Waals surface area contributed by atoms with Crippen LogP contribution in [0.1, 0.15) is 105 Å². The molecule has 124 heavy (non-hydrogen) atoms. The maximum absolute atomic E-state index is 2.75. The fourth-order valence-corrected chi connectivity index (χ4v) is 20.5. The SMILES string of the molecule is CC(C)(C)c1cccc(-c2cccc(-c3cccc(C(C)(C)C)c3)c2N2c3ccc(-c4cccc5c4c4ccccc4n5-c4ccccc4)cc3B3c4cc(-c5cccc6c5c5ccccc5n6-c5ccccc5)ccc4N(c4c(-c5cccc(C(C)(C)C)c5)cccc4-c4cccc(C(C)(C)C)c4)c4cc(-n5c6ccccc6c6ccccc65)cc2c43)c1. The van der Waals surface area contributed by atoms with E-state index in [1.807, 2.05) is 0 Å². The molecule has 17 aromatic carbocycles. The van der Waals surface area contributed by atoms with Crippen molar-refractivity contribution < 1.29 is 0 Å². The fraction of sp³-hybridized carbons (Fsp3) is 0.136. The molecule has 0 radical (unpaired) electrons. The third-order valence-electron chi connectivity index (χ3n) is 26.6. The molecule has 0 spiro atoms. The van der Waals surface area contributed by atoms with Gasteiger partial charge in [-0.2, -0.15) is 0 Å². The quantitative estimate of drug-likeness (QED) is 0.120. The second-order valence-electron chi connectivity index (χ2n) is 38.4. The molecule has 0 amide bonds. The van der Waals surface area contributed by atoms with Crippen molar-refractivity contribution in [2.45, 2.75) is 105 Å². The van der Waals surface area contributed by atoms with Crippen molar-refractivity contribution in [3.8, 4) is 83.8 Å². The van der Waals surface area contributed by atoms with E-state index in [-0.39, 0.29) is 21.7 Å². The van der Waals surface area contributed by atoms with Crippen LogP contribution in [0.4, 0.5) is 34.1 Å². The third-order valence-corrected chi connectivity index (χ3v) is 26.6. The van der Waals surface area contributed by atoms with Crippen molar-refractivity contribution in [1.29, 1.82) is 0 Å². The van der Waals surface area contributed by atoms with Gasteiger partial charge in [-0.25, -0.2) is 0 Å². The standard InChI is InChI=1S/C118H98BN5/c1-115(2,3)81-39-27-35-75(67-81)90-53-31-54-91(76-36-28-40-82(68-76)116(4,5)6)113(90)123-104-65-63-79(88-51-33-61-106-110(88)96-49-21-25-59-102(96)120(106)85-43-15-13-16-44-85)71-98(104)119-99-72-80(89-52-34-62-107-111(89)97-50-22-26-60-103(97)121(107)86-45-17-14-18-46-86)64-66-105(99)124(109-74-87(73-108(123)112(109)119)122-100-57-23-19-47-94(100)95-48-20-24-58-101(95)122)114-92(77-37-29-41-83(69-77)117(7,8)9)55-32-56-93(114)78-38-30-42-84(70-78)118(10,11)12/h13-74H,1-12H3. The van der Waals surface area contributed by atoms with Crippen LogP contribution in [0.5, 0.6) is 0 Å². The summed E-state index contributed by atoms with van der Waals surface area (Å²) in [6.45, 7) is 27.7. The highest BCUT2D eigenvalue weighted by Gasteiger charge is 2.47. The largest absolute Gasteiger partial charge is 0.310 e. The molecule has 0 fully saturated rings. The molecule has 0 atom stereocenters. The van der Waals surface area contributed by atoms with Crippen molar-refractivity contribution in [1.82, 2.24) is 13.7 Å². The van der Waals surface area contributed by atoms with Gasteiger partial charge in [-0.3, -0.25) is 0 Å². The summed E-state index contributed by atoms with van der Waals surface area (Å²) in [6.07, 6.45) is 0. The van der Waals surface area contributed by atoms with Gasteiger partial charge in [-0.15, -0.1) is 0 Å². The van der Waals surface area contributed by atoms with Crippen molar-refractivity contribution >= 4 is 123 Å². The lowest BCUT2D eigenvalue weighted by atomic mass is 9.33. The highest BCUT2D eigenvalue weighted by atomic mass is 15.2. The summed E-state index contributed by atoms with van der Waals surface area (Å²) in [5.41, 5.74) is 38.7. The lowest BCUT2D eigenvalue weighted by Gasteiger charge is -2.46. The van der Waals surface area contributed by atoms with Crippen LogP contribution in [-0.2, 0) is 21.7 Å². The van der Waals surface area contributed by atoms with Crippen LogP contribution in [0.25, 0.3) is 149 Å². The molecule has 0 unspecified atom stereocenters. The average molecular weight is 1600 g/mol. The Morgan fingerprint density at radius 2 is 0.476 bits per heavy atom. The van der Waals surface area contributed by atoms with Gasteiger partial charge in [0.25, 0.3) is 6.71 Å². The van der Waals surface area contributed by atoms with Crippen LogP contribution in [-0.4, -0.2) is 20.4 Å². The zero-order valence-electron chi connectivity index (χ0n) is 72.6. The Kier molecular flexibility index (Phi) is 17.6. The molecule has 0 saturated heterocycles. The minimum atomic E-state index is -0.391. The van der Waals surface area contributed by atoms with Crippen LogP contribution < -0.4 is 26.2 Å². The number of hydrogen-bond donors (Lipinski definition) is 0. The molecule has 5 nitrogen and oxygen atoms in total. The van der Waals surface area contributed by atoms with Crippen molar-refractivity contribution in [2.24, 2.45) is 0 Å². The molecule has 0 bridgehead atoms. The Bertz CT molecular complexity index is 7130. The average Bonchev–Trinajstić information content (AvgIpc) is 0.963. The molecule has 598 valence electrons. The summed E-state index contributed by atoms with van der Waals surface area (Å²) in [7, 11) is 0. The Labute approximate surface area is 728 Å². The summed E-state index contributed by atoms with van der Waals surface area (Å²) in [6, 6.07) is 144. The van der Waals surface area contributed by atoms with Crippen molar-refractivity contribution in [3.63, 3.8) is 0 Å². The van der Waals surface area contributed by atoms with Crippen LogP contribution in [0.15, 0.2) is 376 Å². The lowest BCUT2D eigenvalue weighted by Crippen LogP contribution is -2.61. The first kappa shape index (κ1) is 76.0. The van der Waals surface area contributed by atoms with Gasteiger partial charge in [0.2, 0.25) is 0 Å². The first-order valence-corrected chi connectivity index (χ1v) is 44.0. The number of nitrogens with zero attached hydrogens (tertiary/aromatic N) is 5. The Morgan fingerprint density at radius 1 is 0.202 bits per heavy atom. The van der Waals surface area contributed by atoms with E-state index in [9.17, 15) is 0 Å². The molecule has 2 aliphatic heterocycles. The molecule has 2 aliphatic rings. The van der Waals surface area contributed by atoms with Gasteiger partial charge < -0.3 is 23.5 Å². The van der Waals surface area contributed by atoms with E-state index in [2.05, 4.69) is 483 Å². The number of para-hydroxylation sites is 8. The smallest absolute Gasteiger partial charge is 0.252 e. The van der Waals surface area contributed by atoms with E-state index >= 15 is 0 Å². The molecule has 0 N–H and O–H groups in total. The number of rotatable bonds is 11. The molecular formula is C118H98BN5. The van der Waals surface area contributed by atoms with Gasteiger partial charge in [0.05, 0.1) is 50.2 Å². The van der Waals surface area contributed by atoms with E-state index in [0.717, 1.165) is 129 Å². The second-order valence-corrected chi connectivity index (χ2v) is 38.4. The number of benzene rings is 17. The summed E-state index contributed by atoms with van der Waals surface area (Å²) in [5, 5.41) is 7.24. The second kappa shape index (κ2) is 28.7. The molecule has 5 heterocycles. The van der Waals surface area contributed by atoms with Crippen LogP contribution in [0.2, 0.25) is 0 Å². The maximum Gasteiger partial charge on any atom is 0.252 e. The first-order valence-electron chi connectivity index (χ1n) is 44.0. The van der Waals surface area contributed by atoms with Gasteiger partial charge in [0.15, 0.2) is 0 Å². The Morgan fingerprint density at radius 3 is 0.823 bits per heavy atom. The number of fused-ring (bicyclic) bond motifs is 13. The summed E-state index contributed by atoms with van der Waals surface area (Å²) >= 11 is 0. The van der Waals surface area contributed by atoms with Crippen LogP contribution in [0, 0.1) is 0 Å². The first-order chi connectivity index (χ1) is 60.1. The molecule has 3 aromatic heterocycles. The topological polar surface area (TPSA) is 21.3 Å². The summed E-state index contributed by atoms with van der Waals surface area (Å²) in [4.78, 5) is 5.51. The van der Waals surface area contributed by atoms with E-state index in [0.29, 0.717) is 0 Å². The molecule has 0 saturated carbocycles. The molecule has 6 heteroatoms. The maximum atomic E-state index is 2.75. The zero-order chi connectivity index (χ0) is 84.4. The van der Waals surface area contributed by atoms with Crippen molar-refractivity contribution in [2.75, 3.05) is 9.80 Å². The summed E-state index contributed by atoms with van der Waals surface area (Å²) in [5.74, 6) is 0. The Hall–Kier alpha value is -14.2. The van der Waals surface area contributed by atoms with Gasteiger partial charge in [-0.1, -0.05) is 374 Å². The van der Waals surface area contributed by atoms with Gasteiger partial charge >= 0.3 is 0 Å². The van der Waals surface area contributed by atoms with E-state index < -0.39 is 6.71 Å². The van der Waals surface area contributed by atoms with Crippen LogP contribution >= 0.6 is 0 Å². The minimum Gasteiger partial charge on any atom is -0.310 e. The summed E-state index contributed by atoms with van der Waals surface area (Å²) < 4.78 is 7.50. The van der Waals surface area contributed by atoms with Gasteiger partial charge in [-0.05, 0) is 190 Å². The van der Waals surface area contributed by atoms with Crippen LogP contribution in [0.3, 0.4) is 0 Å². The lowest BCUT2D eigenvalue weighted by molar-refractivity contribution is 0.590. The van der Waals surface area contributed by atoms with E-state index in [4.69, 9.17) is 0 Å². The number of anilines is 6. The van der Waals surface area contributed by atoms with Gasteiger partial charge in [0.1, 0.15) is 0 Å². The van der Waals surface area contributed by atoms with E-state index in [1.165, 1.54) is 93.1 Å². The Balaban J connectivity index is 0.944. The zero-order valence-corrected chi connectivity index (χ0v) is 72.6. The molecular weight excluding hydrogens is 1500 g/mol. The highest BCUT2D eigenvalue weighted by Crippen LogP contribution is 2.56. The van der Waals surface area contributed by atoms with Gasteiger partial charge in [0, 0.05) is 88.7 Å². The highest BCUT2D eigenvalue weighted by molar-refractivity contribution is 7.00. The molecule has 0 aliphatic carbocycles. The predicted molar refractivity (Wildman–Crippen MR) is 531 cm³/mol. The number of aromatic nitrogens is 3.